The maximum Gasteiger partial charge on any atom is 0.323 e. The highest BCUT2D eigenvalue weighted by atomic mass is 32.2. The van der Waals surface area contributed by atoms with Gasteiger partial charge in [0.25, 0.3) is 5.91 Å². The summed E-state index contributed by atoms with van der Waals surface area (Å²) in [5.74, 6) is -0.780. The van der Waals surface area contributed by atoms with Crippen LogP contribution in [0.4, 0.5) is 5.69 Å². The molecule has 0 bridgehead atoms. The number of nitrogens with one attached hydrogen (secondary N) is 3. The summed E-state index contributed by atoms with van der Waals surface area (Å²) >= 11 is 1.38. The van der Waals surface area contributed by atoms with Crippen LogP contribution in [0.1, 0.15) is 18.1 Å². The van der Waals surface area contributed by atoms with Gasteiger partial charge in [-0.1, -0.05) is 17.7 Å². The van der Waals surface area contributed by atoms with E-state index in [0.29, 0.717) is 16.7 Å². The molecule has 0 fully saturated rings. The summed E-state index contributed by atoms with van der Waals surface area (Å²) < 4.78 is 5.23. The van der Waals surface area contributed by atoms with Crippen LogP contribution < -0.4 is 11.0 Å². The van der Waals surface area contributed by atoms with Crippen molar-refractivity contribution in [3.05, 3.63) is 58.0 Å². The van der Waals surface area contributed by atoms with Gasteiger partial charge in [-0.15, -0.1) is 11.8 Å². The number of hydrogen-bond donors (Lipinski definition) is 3. The molecule has 2 aromatic carbocycles. The van der Waals surface area contributed by atoms with Gasteiger partial charge in [-0.2, -0.15) is 0 Å². The Morgan fingerprint density at radius 1 is 1.11 bits per heavy atom. The Hall–Kier alpha value is -3.00. The zero-order chi connectivity index (χ0) is 20.3. The predicted octanol–water partition coefficient (Wildman–Crippen LogP) is 3.14. The van der Waals surface area contributed by atoms with E-state index < -0.39 is 18.0 Å². The minimum Gasteiger partial charge on any atom is -0.452 e. The summed E-state index contributed by atoms with van der Waals surface area (Å²) in [6, 6.07) is 11.0. The standard InChI is InChI=1S/C20H21N3O4S/c1-11-4-7-17(12(2)8-11)28-10-18(24)27-13(3)19(25)21-14-5-6-15-16(9-14)23-20(26)22-15/h4-9,13H,10H2,1-3H3,(H,21,25)(H2,22,23,26)/t13-/m0/s1. The molecular weight excluding hydrogens is 378 g/mol. The summed E-state index contributed by atoms with van der Waals surface area (Å²) in [4.78, 5) is 41.9. The van der Waals surface area contributed by atoms with Crippen LogP contribution >= 0.6 is 11.8 Å². The van der Waals surface area contributed by atoms with E-state index >= 15 is 0 Å². The molecule has 1 aromatic heterocycles. The number of ether oxygens (including phenoxy) is 1. The number of benzene rings is 2. The van der Waals surface area contributed by atoms with E-state index in [1.54, 1.807) is 18.2 Å². The zero-order valence-corrected chi connectivity index (χ0v) is 16.6. The highest BCUT2D eigenvalue weighted by Gasteiger charge is 2.18. The number of fused-ring (bicyclic) bond motifs is 1. The number of hydrogen-bond acceptors (Lipinski definition) is 5. The van der Waals surface area contributed by atoms with E-state index in [1.807, 2.05) is 26.0 Å². The molecule has 3 rings (SSSR count). The highest BCUT2D eigenvalue weighted by Crippen LogP contribution is 2.23. The first kappa shape index (κ1) is 19.8. The Kier molecular flexibility index (Phi) is 5.89. The number of rotatable bonds is 6. The molecule has 0 aliphatic heterocycles. The molecule has 0 aliphatic rings. The number of aromatic amines is 2. The number of amides is 1. The molecule has 8 heteroatoms. The zero-order valence-electron chi connectivity index (χ0n) is 15.8. The van der Waals surface area contributed by atoms with E-state index in [2.05, 4.69) is 21.4 Å². The van der Waals surface area contributed by atoms with Gasteiger partial charge in [0.15, 0.2) is 6.10 Å². The van der Waals surface area contributed by atoms with Crippen LogP contribution in [0.5, 0.6) is 0 Å². The molecule has 0 aliphatic carbocycles. The highest BCUT2D eigenvalue weighted by molar-refractivity contribution is 8.00. The van der Waals surface area contributed by atoms with E-state index in [1.165, 1.54) is 18.7 Å². The summed E-state index contributed by atoms with van der Waals surface area (Å²) in [5, 5.41) is 2.68. The summed E-state index contributed by atoms with van der Waals surface area (Å²) in [6.07, 6.45) is -0.937. The maximum atomic E-state index is 12.3. The number of carbonyl (C=O) groups is 2. The number of esters is 1. The Morgan fingerprint density at radius 2 is 1.86 bits per heavy atom. The van der Waals surface area contributed by atoms with Crippen molar-refractivity contribution in [1.29, 1.82) is 0 Å². The molecule has 28 heavy (non-hydrogen) atoms. The first-order chi connectivity index (χ1) is 13.3. The van der Waals surface area contributed by atoms with Crippen LogP contribution in [0.25, 0.3) is 11.0 Å². The van der Waals surface area contributed by atoms with Crippen molar-refractivity contribution in [3.63, 3.8) is 0 Å². The lowest BCUT2D eigenvalue weighted by Gasteiger charge is -2.14. The van der Waals surface area contributed by atoms with Crippen LogP contribution in [-0.2, 0) is 14.3 Å². The van der Waals surface area contributed by atoms with Crippen molar-refractivity contribution in [3.8, 4) is 0 Å². The predicted molar refractivity (Wildman–Crippen MR) is 110 cm³/mol. The Morgan fingerprint density at radius 3 is 2.61 bits per heavy atom. The normalized spacial score (nSPS) is 12.0. The van der Waals surface area contributed by atoms with Crippen molar-refractivity contribution in [1.82, 2.24) is 9.97 Å². The van der Waals surface area contributed by atoms with Gasteiger partial charge in [0.2, 0.25) is 0 Å². The summed E-state index contributed by atoms with van der Waals surface area (Å²) in [6.45, 7) is 5.53. The van der Waals surface area contributed by atoms with Gasteiger partial charge in [0.1, 0.15) is 0 Å². The van der Waals surface area contributed by atoms with E-state index in [4.69, 9.17) is 4.74 Å². The van der Waals surface area contributed by atoms with Crippen molar-refractivity contribution < 1.29 is 14.3 Å². The topological polar surface area (TPSA) is 104 Å². The average molecular weight is 399 g/mol. The number of anilines is 1. The fourth-order valence-electron chi connectivity index (χ4n) is 2.74. The van der Waals surface area contributed by atoms with E-state index in [-0.39, 0.29) is 11.4 Å². The van der Waals surface area contributed by atoms with Gasteiger partial charge in [-0.25, -0.2) is 4.79 Å². The first-order valence-electron chi connectivity index (χ1n) is 8.74. The third kappa shape index (κ3) is 4.83. The second-order valence-electron chi connectivity index (χ2n) is 6.52. The summed E-state index contributed by atoms with van der Waals surface area (Å²) in [7, 11) is 0. The van der Waals surface area contributed by atoms with Crippen molar-refractivity contribution in [2.75, 3.05) is 11.1 Å². The molecular formula is C20H21N3O4S. The quantitative estimate of drug-likeness (QED) is 0.436. The lowest BCUT2D eigenvalue weighted by atomic mass is 10.2. The first-order valence-corrected chi connectivity index (χ1v) is 9.73. The molecule has 1 amide bonds. The van der Waals surface area contributed by atoms with Crippen LogP contribution in [0.3, 0.4) is 0 Å². The number of aromatic nitrogens is 2. The average Bonchev–Trinajstić information content (AvgIpc) is 3.00. The number of carbonyl (C=O) groups excluding carboxylic acids is 2. The van der Waals surface area contributed by atoms with Gasteiger partial charge in [0, 0.05) is 10.6 Å². The molecule has 3 N–H and O–H groups in total. The molecule has 1 heterocycles. The SMILES string of the molecule is Cc1ccc(SCC(=O)O[C@@H](C)C(=O)Nc2ccc3[nH]c(=O)[nH]c3c2)c(C)c1. The third-order valence-electron chi connectivity index (χ3n) is 4.14. The van der Waals surface area contributed by atoms with E-state index in [9.17, 15) is 14.4 Å². The fraction of sp³-hybridized carbons (Fsp3) is 0.250. The van der Waals surface area contributed by atoms with Crippen LogP contribution in [0, 0.1) is 13.8 Å². The molecule has 0 saturated carbocycles. The van der Waals surface area contributed by atoms with E-state index in [0.717, 1.165) is 16.0 Å². The Balaban J connectivity index is 1.53. The molecule has 0 unspecified atom stereocenters. The monoisotopic (exact) mass is 399 g/mol. The number of imidazole rings is 1. The molecule has 7 nitrogen and oxygen atoms in total. The van der Waals surface area contributed by atoms with Crippen LogP contribution in [0.2, 0.25) is 0 Å². The Labute approximate surface area is 165 Å². The van der Waals surface area contributed by atoms with Gasteiger partial charge < -0.3 is 20.0 Å². The second-order valence-corrected chi connectivity index (χ2v) is 7.54. The Bertz CT molecular complexity index is 1090. The minimum atomic E-state index is -0.937. The lowest BCUT2D eigenvalue weighted by Crippen LogP contribution is -2.30. The molecule has 0 saturated heterocycles. The van der Waals surface area contributed by atoms with Gasteiger partial charge >= 0.3 is 11.7 Å². The van der Waals surface area contributed by atoms with Crippen molar-refractivity contribution in [2.24, 2.45) is 0 Å². The maximum absolute atomic E-state index is 12.3. The molecule has 0 radical (unpaired) electrons. The van der Waals surface area contributed by atoms with Crippen LogP contribution in [-0.4, -0.2) is 33.7 Å². The number of aryl methyl sites for hydroxylation is 2. The molecule has 146 valence electrons. The second kappa shape index (κ2) is 8.35. The number of thioether (sulfide) groups is 1. The molecule has 0 spiro atoms. The summed E-state index contributed by atoms with van der Waals surface area (Å²) in [5.41, 5.74) is 3.67. The third-order valence-corrected chi connectivity index (χ3v) is 5.29. The molecule has 3 aromatic rings. The largest absolute Gasteiger partial charge is 0.452 e. The van der Waals surface area contributed by atoms with Crippen LogP contribution in [0.15, 0.2) is 46.1 Å². The van der Waals surface area contributed by atoms with Gasteiger partial charge in [-0.05, 0) is 50.6 Å². The molecule has 1 atom stereocenters. The van der Waals surface area contributed by atoms with Gasteiger partial charge in [-0.3, -0.25) is 9.59 Å². The number of H-pyrrole nitrogens is 2. The smallest absolute Gasteiger partial charge is 0.323 e. The lowest BCUT2D eigenvalue weighted by molar-refractivity contribution is -0.150. The van der Waals surface area contributed by atoms with Crippen molar-refractivity contribution >= 4 is 40.4 Å². The fourth-order valence-corrected chi connectivity index (χ4v) is 3.53. The van der Waals surface area contributed by atoms with Gasteiger partial charge in [0.05, 0.1) is 16.8 Å². The van der Waals surface area contributed by atoms with Crippen molar-refractivity contribution in [2.45, 2.75) is 31.8 Å². The minimum absolute atomic E-state index is 0.123.